The van der Waals surface area contributed by atoms with E-state index in [1.165, 1.54) is 36.9 Å². The number of carbonyl (C=O) groups is 2. The molecule has 1 aromatic carbocycles. The minimum absolute atomic E-state index is 0.00232. The summed E-state index contributed by atoms with van der Waals surface area (Å²) >= 11 is 0. The summed E-state index contributed by atoms with van der Waals surface area (Å²) < 4.78 is 14.5. The Hall–Kier alpha value is -2.70. The number of aromatic nitrogens is 2. The molecule has 122 valence electrons. The third-order valence-corrected chi connectivity index (χ3v) is 3.60. The number of carboxylic acid groups (broad SMARTS) is 1. The normalized spacial score (nSPS) is 11.3. The first-order valence-electron chi connectivity index (χ1n) is 7.04. The molecule has 2 rings (SSSR count). The Bertz CT molecular complexity index is 736. The second-order valence-corrected chi connectivity index (χ2v) is 5.90. The molecule has 0 aliphatic carbocycles. The molecule has 0 fully saturated rings. The van der Waals surface area contributed by atoms with Gasteiger partial charge in [0.05, 0.1) is 28.6 Å². The highest BCUT2D eigenvalue weighted by Crippen LogP contribution is 2.16. The van der Waals surface area contributed by atoms with Crippen molar-refractivity contribution in [3.63, 3.8) is 0 Å². The van der Waals surface area contributed by atoms with Crippen molar-refractivity contribution in [3.8, 4) is 5.69 Å². The van der Waals surface area contributed by atoms with Crippen LogP contribution in [-0.2, 0) is 4.79 Å². The molecule has 1 aromatic heterocycles. The van der Waals surface area contributed by atoms with Crippen molar-refractivity contribution in [2.75, 3.05) is 6.54 Å². The molecular formula is C16H18FN3O3. The number of amides is 1. The summed E-state index contributed by atoms with van der Waals surface area (Å²) in [5.41, 5.74) is 0.503. The number of nitrogens with one attached hydrogen (secondary N) is 1. The van der Waals surface area contributed by atoms with Gasteiger partial charge in [-0.05, 0) is 45.0 Å². The van der Waals surface area contributed by atoms with Crippen LogP contribution in [0.1, 0.15) is 29.9 Å². The molecule has 0 unspecified atom stereocenters. The molecular weight excluding hydrogens is 301 g/mol. The molecule has 0 saturated heterocycles. The van der Waals surface area contributed by atoms with E-state index in [0.29, 0.717) is 16.9 Å². The maximum Gasteiger partial charge on any atom is 0.310 e. The third-order valence-electron chi connectivity index (χ3n) is 3.60. The van der Waals surface area contributed by atoms with Crippen LogP contribution in [0.25, 0.3) is 5.69 Å². The summed E-state index contributed by atoms with van der Waals surface area (Å²) in [7, 11) is 0. The van der Waals surface area contributed by atoms with Gasteiger partial charge in [0.1, 0.15) is 5.82 Å². The Kier molecular flexibility index (Phi) is 4.49. The summed E-state index contributed by atoms with van der Waals surface area (Å²) in [6.45, 7) is 4.78. The molecule has 7 heteroatoms. The van der Waals surface area contributed by atoms with E-state index in [0.717, 1.165) is 0 Å². The Morgan fingerprint density at radius 3 is 2.48 bits per heavy atom. The maximum absolute atomic E-state index is 13.0. The van der Waals surface area contributed by atoms with Crippen molar-refractivity contribution in [2.45, 2.75) is 20.8 Å². The van der Waals surface area contributed by atoms with Crippen molar-refractivity contribution >= 4 is 11.9 Å². The summed E-state index contributed by atoms with van der Waals surface area (Å²) in [4.78, 5) is 23.3. The van der Waals surface area contributed by atoms with E-state index < -0.39 is 17.3 Å². The lowest BCUT2D eigenvalue weighted by atomic mass is 9.94. The topological polar surface area (TPSA) is 84.2 Å². The zero-order valence-corrected chi connectivity index (χ0v) is 13.1. The fraction of sp³-hybridized carbons (Fsp3) is 0.312. The molecule has 2 aromatic rings. The van der Waals surface area contributed by atoms with Crippen LogP contribution in [0.4, 0.5) is 4.39 Å². The highest BCUT2D eigenvalue weighted by Gasteiger charge is 2.28. The number of aliphatic carboxylic acids is 1. The molecule has 23 heavy (non-hydrogen) atoms. The van der Waals surface area contributed by atoms with Crippen LogP contribution in [-0.4, -0.2) is 33.3 Å². The highest BCUT2D eigenvalue weighted by atomic mass is 19.1. The molecule has 2 N–H and O–H groups in total. The van der Waals surface area contributed by atoms with Crippen LogP contribution in [0.5, 0.6) is 0 Å². The SMILES string of the molecule is Cc1c(C(=O)NCC(C)(C)C(=O)O)cnn1-c1ccc(F)cc1. The maximum atomic E-state index is 13.0. The van der Waals surface area contributed by atoms with Gasteiger partial charge in [0.2, 0.25) is 0 Å². The standard InChI is InChI=1S/C16H18FN3O3/c1-10-13(14(21)18-9-16(2,3)15(22)23)8-19-20(10)12-6-4-11(17)5-7-12/h4-8H,9H2,1-3H3,(H,18,21)(H,22,23). The zero-order chi connectivity index (χ0) is 17.2. The Balaban J connectivity index is 2.17. The van der Waals surface area contributed by atoms with Crippen molar-refractivity contribution in [3.05, 3.63) is 47.5 Å². The van der Waals surface area contributed by atoms with Gasteiger partial charge < -0.3 is 10.4 Å². The number of carbonyl (C=O) groups excluding carboxylic acids is 1. The largest absolute Gasteiger partial charge is 0.481 e. The molecule has 1 heterocycles. The van der Waals surface area contributed by atoms with E-state index >= 15 is 0 Å². The summed E-state index contributed by atoms with van der Waals surface area (Å²) in [5, 5.41) is 15.8. The molecule has 1 amide bonds. The lowest BCUT2D eigenvalue weighted by molar-refractivity contribution is -0.146. The van der Waals surface area contributed by atoms with Gasteiger partial charge in [-0.1, -0.05) is 0 Å². The molecule has 0 bridgehead atoms. The molecule has 0 atom stereocenters. The second-order valence-electron chi connectivity index (χ2n) is 5.90. The highest BCUT2D eigenvalue weighted by molar-refractivity contribution is 5.95. The van der Waals surface area contributed by atoms with Gasteiger partial charge in [0.25, 0.3) is 5.91 Å². The quantitative estimate of drug-likeness (QED) is 0.884. The van der Waals surface area contributed by atoms with E-state index in [-0.39, 0.29) is 12.4 Å². The fourth-order valence-electron chi connectivity index (χ4n) is 1.95. The van der Waals surface area contributed by atoms with E-state index in [2.05, 4.69) is 10.4 Å². The molecule has 6 nitrogen and oxygen atoms in total. The smallest absolute Gasteiger partial charge is 0.310 e. The predicted molar refractivity (Wildman–Crippen MR) is 82.0 cm³/mol. The fourth-order valence-corrected chi connectivity index (χ4v) is 1.95. The first kappa shape index (κ1) is 16.7. The molecule has 0 radical (unpaired) electrons. The summed E-state index contributed by atoms with van der Waals surface area (Å²) in [5.74, 6) is -1.74. The number of benzene rings is 1. The molecule has 0 saturated carbocycles. The molecule has 0 aliphatic heterocycles. The first-order valence-corrected chi connectivity index (χ1v) is 7.04. The van der Waals surface area contributed by atoms with Crippen molar-refractivity contribution in [1.82, 2.24) is 15.1 Å². The van der Waals surface area contributed by atoms with Gasteiger partial charge in [0, 0.05) is 6.54 Å². The summed E-state index contributed by atoms with van der Waals surface area (Å²) in [6.07, 6.45) is 1.40. The van der Waals surface area contributed by atoms with Crippen LogP contribution < -0.4 is 5.32 Å². The monoisotopic (exact) mass is 319 g/mol. The van der Waals surface area contributed by atoms with Crippen LogP contribution >= 0.6 is 0 Å². The lowest BCUT2D eigenvalue weighted by Gasteiger charge is -2.19. The van der Waals surface area contributed by atoms with Crippen molar-refractivity contribution in [1.29, 1.82) is 0 Å². The predicted octanol–water partition coefficient (Wildman–Crippen LogP) is 2.16. The van der Waals surface area contributed by atoms with E-state index in [1.54, 1.807) is 19.1 Å². The lowest BCUT2D eigenvalue weighted by Crippen LogP contribution is -2.39. The number of hydrogen-bond acceptors (Lipinski definition) is 3. The van der Waals surface area contributed by atoms with Gasteiger partial charge in [-0.15, -0.1) is 0 Å². The van der Waals surface area contributed by atoms with Gasteiger partial charge >= 0.3 is 5.97 Å². The van der Waals surface area contributed by atoms with E-state index in [9.17, 15) is 14.0 Å². The average molecular weight is 319 g/mol. The van der Waals surface area contributed by atoms with Gasteiger partial charge in [-0.2, -0.15) is 5.10 Å². The van der Waals surface area contributed by atoms with Crippen molar-refractivity contribution in [2.24, 2.45) is 5.41 Å². The second kappa shape index (κ2) is 6.20. The van der Waals surface area contributed by atoms with Crippen LogP contribution in [0.15, 0.2) is 30.5 Å². The van der Waals surface area contributed by atoms with Crippen LogP contribution in [0.3, 0.4) is 0 Å². The first-order chi connectivity index (χ1) is 10.7. The van der Waals surface area contributed by atoms with Gasteiger partial charge in [0.15, 0.2) is 0 Å². The number of carboxylic acids is 1. The summed E-state index contributed by atoms with van der Waals surface area (Å²) in [6, 6.07) is 5.74. The van der Waals surface area contributed by atoms with Crippen LogP contribution in [0.2, 0.25) is 0 Å². The van der Waals surface area contributed by atoms with E-state index in [1.807, 2.05) is 0 Å². The minimum atomic E-state index is -1.06. The molecule has 0 spiro atoms. The van der Waals surface area contributed by atoms with Crippen molar-refractivity contribution < 1.29 is 19.1 Å². The Morgan fingerprint density at radius 1 is 1.30 bits per heavy atom. The Morgan fingerprint density at radius 2 is 1.91 bits per heavy atom. The number of nitrogens with zero attached hydrogens (tertiary/aromatic N) is 2. The number of hydrogen-bond donors (Lipinski definition) is 2. The average Bonchev–Trinajstić information content (AvgIpc) is 2.87. The third kappa shape index (κ3) is 3.56. The molecule has 0 aliphatic rings. The van der Waals surface area contributed by atoms with Gasteiger partial charge in [-0.3, -0.25) is 9.59 Å². The zero-order valence-electron chi connectivity index (χ0n) is 13.1. The van der Waals surface area contributed by atoms with Crippen LogP contribution in [0, 0.1) is 18.2 Å². The minimum Gasteiger partial charge on any atom is -0.481 e. The number of halogens is 1. The van der Waals surface area contributed by atoms with Gasteiger partial charge in [-0.25, -0.2) is 9.07 Å². The Labute approximate surface area is 132 Å². The number of rotatable bonds is 5. The van der Waals surface area contributed by atoms with E-state index in [4.69, 9.17) is 5.11 Å².